The molecule has 88 valence electrons. The summed E-state index contributed by atoms with van der Waals surface area (Å²) in [4.78, 5) is 2.35. The Kier molecular flexibility index (Phi) is 4.88. The molecule has 4 heteroatoms. The zero-order valence-electron chi connectivity index (χ0n) is 9.82. The topological polar surface area (TPSA) is 61.8 Å². The predicted molar refractivity (Wildman–Crippen MR) is 62.1 cm³/mol. The van der Waals surface area contributed by atoms with Gasteiger partial charge in [0.15, 0.2) is 5.84 Å². The molecule has 0 radical (unpaired) electrons. The van der Waals surface area contributed by atoms with Crippen molar-refractivity contribution in [3.05, 3.63) is 0 Å². The molecular formula is C11H23N3O. The van der Waals surface area contributed by atoms with E-state index in [-0.39, 0.29) is 6.04 Å². The Bertz CT molecular complexity index is 214. The Morgan fingerprint density at radius 2 is 2.20 bits per heavy atom. The van der Waals surface area contributed by atoms with Crippen molar-refractivity contribution in [3.63, 3.8) is 0 Å². The maximum absolute atomic E-state index is 8.74. The number of amidine groups is 1. The molecule has 0 saturated heterocycles. The fraction of sp³-hybridized carbons (Fsp3) is 0.909. The van der Waals surface area contributed by atoms with Gasteiger partial charge in [0, 0.05) is 6.54 Å². The molecule has 0 aromatic heterocycles. The SMILES string of the molecule is CCCN(CC1CC1)C(CC)C(N)=NO. The van der Waals surface area contributed by atoms with Crippen LogP contribution < -0.4 is 5.73 Å². The first-order valence-corrected chi connectivity index (χ1v) is 5.94. The molecule has 1 fully saturated rings. The van der Waals surface area contributed by atoms with E-state index in [4.69, 9.17) is 10.9 Å². The number of nitrogens with zero attached hydrogens (tertiary/aromatic N) is 2. The summed E-state index contributed by atoms with van der Waals surface area (Å²) < 4.78 is 0. The Morgan fingerprint density at radius 1 is 1.53 bits per heavy atom. The summed E-state index contributed by atoms with van der Waals surface area (Å²) >= 11 is 0. The average molecular weight is 213 g/mol. The minimum atomic E-state index is 0.107. The van der Waals surface area contributed by atoms with Gasteiger partial charge in [-0.1, -0.05) is 19.0 Å². The van der Waals surface area contributed by atoms with E-state index in [2.05, 4.69) is 23.9 Å². The average Bonchev–Trinajstić information content (AvgIpc) is 3.02. The summed E-state index contributed by atoms with van der Waals surface area (Å²) in [6.07, 6.45) is 4.70. The lowest BCUT2D eigenvalue weighted by atomic mass is 10.1. The quantitative estimate of drug-likeness (QED) is 0.292. The second-order valence-corrected chi connectivity index (χ2v) is 4.39. The summed E-state index contributed by atoms with van der Waals surface area (Å²) in [6, 6.07) is 0.107. The van der Waals surface area contributed by atoms with Crippen molar-refractivity contribution in [2.75, 3.05) is 13.1 Å². The van der Waals surface area contributed by atoms with Crippen LogP contribution in [0.4, 0.5) is 0 Å². The highest BCUT2D eigenvalue weighted by atomic mass is 16.4. The van der Waals surface area contributed by atoms with E-state index < -0.39 is 0 Å². The van der Waals surface area contributed by atoms with Gasteiger partial charge < -0.3 is 10.9 Å². The third-order valence-corrected chi connectivity index (χ3v) is 2.98. The van der Waals surface area contributed by atoms with E-state index in [1.807, 2.05) is 0 Å². The molecule has 0 aromatic carbocycles. The van der Waals surface area contributed by atoms with Crippen molar-refractivity contribution in [1.29, 1.82) is 0 Å². The van der Waals surface area contributed by atoms with Crippen LogP contribution in [0.5, 0.6) is 0 Å². The van der Waals surface area contributed by atoms with E-state index in [1.165, 1.54) is 12.8 Å². The van der Waals surface area contributed by atoms with Gasteiger partial charge in [0.05, 0.1) is 6.04 Å². The number of nitrogens with two attached hydrogens (primary N) is 1. The molecule has 0 aliphatic heterocycles. The van der Waals surface area contributed by atoms with Crippen molar-refractivity contribution in [3.8, 4) is 0 Å². The van der Waals surface area contributed by atoms with Gasteiger partial charge in [-0.25, -0.2) is 0 Å². The lowest BCUT2D eigenvalue weighted by Gasteiger charge is -2.29. The first-order chi connectivity index (χ1) is 7.22. The van der Waals surface area contributed by atoms with Gasteiger partial charge in [0.2, 0.25) is 0 Å². The number of hydrogen-bond acceptors (Lipinski definition) is 3. The van der Waals surface area contributed by atoms with Gasteiger partial charge >= 0.3 is 0 Å². The molecule has 1 aliphatic rings. The van der Waals surface area contributed by atoms with E-state index in [9.17, 15) is 0 Å². The summed E-state index contributed by atoms with van der Waals surface area (Å²) in [5.74, 6) is 1.20. The zero-order chi connectivity index (χ0) is 11.3. The summed E-state index contributed by atoms with van der Waals surface area (Å²) in [6.45, 7) is 6.38. The fourth-order valence-electron chi connectivity index (χ4n) is 2.01. The molecule has 0 heterocycles. The Hall–Kier alpha value is -0.770. The highest BCUT2D eigenvalue weighted by Crippen LogP contribution is 2.30. The molecule has 15 heavy (non-hydrogen) atoms. The smallest absolute Gasteiger partial charge is 0.156 e. The van der Waals surface area contributed by atoms with Crippen molar-refractivity contribution >= 4 is 5.84 Å². The van der Waals surface area contributed by atoms with Gasteiger partial charge in [0.25, 0.3) is 0 Å². The summed E-state index contributed by atoms with van der Waals surface area (Å²) in [7, 11) is 0. The van der Waals surface area contributed by atoms with Crippen molar-refractivity contribution in [2.24, 2.45) is 16.8 Å². The Morgan fingerprint density at radius 3 is 2.60 bits per heavy atom. The molecule has 0 spiro atoms. The number of hydrogen-bond donors (Lipinski definition) is 2. The van der Waals surface area contributed by atoms with Gasteiger partial charge in [-0.15, -0.1) is 0 Å². The molecule has 1 rings (SSSR count). The molecule has 1 aliphatic carbocycles. The van der Waals surface area contributed by atoms with Crippen LogP contribution in [0, 0.1) is 5.92 Å². The van der Waals surface area contributed by atoms with E-state index in [1.54, 1.807) is 0 Å². The van der Waals surface area contributed by atoms with Crippen molar-refractivity contribution < 1.29 is 5.21 Å². The predicted octanol–water partition coefficient (Wildman–Crippen LogP) is 1.63. The highest BCUT2D eigenvalue weighted by Gasteiger charge is 2.28. The van der Waals surface area contributed by atoms with Gasteiger partial charge in [-0.2, -0.15) is 0 Å². The van der Waals surface area contributed by atoms with Crippen LogP contribution in [0.3, 0.4) is 0 Å². The summed E-state index contributed by atoms with van der Waals surface area (Å²) in [5.41, 5.74) is 5.71. The molecule has 1 saturated carbocycles. The maximum Gasteiger partial charge on any atom is 0.156 e. The summed E-state index contributed by atoms with van der Waals surface area (Å²) in [5, 5.41) is 11.9. The monoisotopic (exact) mass is 213 g/mol. The molecule has 1 unspecified atom stereocenters. The first kappa shape index (κ1) is 12.3. The normalized spacial score (nSPS) is 19.5. The Balaban J connectivity index is 2.56. The van der Waals surface area contributed by atoms with Gasteiger partial charge in [0.1, 0.15) is 0 Å². The van der Waals surface area contributed by atoms with Crippen LogP contribution in [-0.4, -0.2) is 35.1 Å². The lowest BCUT2D eigenvalue weighted by Crippen LogP contribution is -2.45. The molecule has 0 aromatic rings. The molecule has 1 atom stereocenters. The molecule has 0 bridgehead atoms. The van der Waals surface area contributed by atoms with Crippen molar-refractivity contribution in [1.82, 2.24) is 4.90 Å². The van der Waals surface area contributed by atoms with Gasteiger partial charge in [-0.3, -0.25) is 4.90 Å². The standard InChI is InChI=1S/C11H23N3O/c1-3-7-14(8-9-5-6-9)10(4-2)11(12)13-15/h9-10,15H,3-8H2,1-2H3,(H2,12,13). The number of rotatable bonds is 7. The minimum absolute atomic E-state index is 0.107. The van der Waals surface area contributed by atoms with Crippen LogP contribution in [0.25, 0.3) is 0 Å². The first-order valence-electron chi connectivity index (χ1n) is 5.94. The molecule has 3 N–H and O–H groups in total. The zero-order valence-corrected chi connectivity index (χ0v) is 9.82. The second kappa shape index (κ2) is 5.95. The van der Waals surface area contributed by atoms with Crippen LogP contribution in [0.1, 0.15) is 39.5 Å². The fourth-order valence-corrected chi connectivity index (χ4v) is 2.01. The third-order valence-electron chi connectivity index (χ3n) is 2.98. The second-order valence-electron chi connectivity index (χ2n) is 4.39. The molecule has 0 amide bonds. The largest absolute Gasteiger partial charge is 0.409 e. The Labute approximate surface area is 92.1 Å². The van der Waals surface area contributed by atoms with Crippen LogP contribution >= 0.6 is 0 Å². The lowest BCUT2D eigenvalue weighted by molar-refractivity contribution is 0.219. The van der Waals surface area contributed by atoms with E-state index in [0.29, 0.717) is 5.84 Å². The van der Waals surface area contributed by atoms with Crippen molar-refractivity contribution in [2.45, 2.75) is 45.6 Å². The minimum Gasteiger partial charge on any atom is -0.409 e. The van der Waals surface area contributed by atoms with E-state index >= 15 is 0 Å². The van der Waals surface area contributed by atoms with Crippen LogP contribution in [0.2, 0.25) is 0 Å². The third kappa shape index (κ3) is 3.70. The highest BCUT2D eigenvalue weighted by molar-refractivity contribution is 5.85. The van der Waals surface area contributed by atoms with Crippen LogP contribution in [0.15, 0.2) is 5.16 Å². The van der Waals surface area contributed by atoms with E-state index in [0.717, 1.165) is 31.8 Å². The number of oxime groups is 1. The van der Waals surface area contributed by atoms with Crippen LogP contribution in [-0.2, 0) is 0 Å². The maximum atomic E-state index is 8.74. The van der Waals surface area contributed by atoms with Gasteiger partial charge in [-0.05, 0) is 38.1 Å². The molecular weight excluding hydrogens is 190 g/mol. The molecule has 4 nitrogen and oxygen atoms in total.